The number of anilines is 1. The Morgan fingerprint density at radius 1 is 1.19 bits per heavy atom. The van der Waals surface area contributed by atoms with Crippen LogP contribution in [0.1, 0.15) is 10.4 Å². The second-order valence-electron chi connectivity index (χ2n) is 5.34. The molecule has 0 spiro atoms. The van der Waals surface area contributed by atoms with Gasteiger partial charge in [0.05, 0.1) is 29.2 Å². The van der Waals surface area contributed by atoms with Crippen molar-refractivity contribution in [2.24, 2.45) is 0 Å². The van der Waals surface area contributed by atoms with Crippen molar-refractivity contribution >= 4 is 49.1 Å². The fraction of sp³-hybridized carbons (Fsp3) is 0.235. The van der Waals surface area contributed by atoms with Crippen LogP contribution < -0.4 is 14.8 Å². The Hall–Kier alpha value is -1.65. The number of sulfonamides is 1. The first kappa shape index (κ1) is 21.6. The van der Waals surface area contributed by atoms with Gasteiger partial charge in [-0.15, -0.1) is 0 Å². The molecule has 0 saturated carbocycles. The van der Waals surface area contributed by atoms with Gasteiger partial charge in [0.1, 0.15) is 5.75 Å². The molecule has 2 N–H and O–H groups in total. The van der Waals surface area contributed by atoms with Crippen molar-refractivity contribution < 1.29 is 22.7 Å². The summed E-state index contributed by atoms with van der Waals surface area (Å²) in [6.45, 7) is 0.363. The van der Waals surface area contributed by atoms with Gasteiger partial charge >= 0.3 is 0 Å². The van der Waals surface area contributed by atoms with Crippen molar-refractivity contribution in [1.29, 1.82) is 0 Å². The molecule has 0 aliphatic rings. The molecular weight excluding hydrogens is 460 g/mol. The van der Waals surface area contributed by atoms with Crippen LogP contribution in [0.25, 0.3) is 0 Å². The summed E-state index contributed by atoms with van der Waals surface area (Å²) in [5, 5.41) is 3.02. The molecule has 1 amide bonds. The summed E-state index contributed by atoms with van der Waals surface area (Å²) < 4.78 is 37.4. The molecule has 0 aliphatic heterocycles. The van der Waals surface area contributed by atoms with E-state index < -0.39 is 15.9 Å². The standard InChI is InChI=1S/C17H18BrClN2O5S/c1-25-8-7-20-27(23,24)12-4-5-14(18)13(10-12)17(22)21-11-3-6-16(26-2)15(19)9-11/h3-6,9-10,20H,7-8H2,1-2H3,(H,21,22). The molecule has 0 atom stereocenters. The van der Waals surface area contributed by atoms with E-state index in [1.165, 1.54) is 32.4 Å². The predicted octanol–water partition coefficient (Wildman–Crippen LogP) is 3.29. The number of halogens is 2. The van der Waals surface area contributed by atoms with Crippen molar-refractivity contribution in [3.8, 4) is 5.75 Å². The lowest BCUT2D eigenvalue weighted by atomic mass is 10.2. The summed E-state index contributed by atoms with van der Waals surface area (Å²) in [4.78, 5) is 12.6. The van der Waals surface area contributed by atoms with Gasteiger partial charge < -0.3 is 14.8 Å². The zero-order chi connectivity index (χ0) is 20.0. The van der Waals surface area contributed by atoms with Gasteiger partial charge in [-0.25, -0.2) is 13.1 Å². The van der Waals surface area contributed by atoms with Gasteiger partial charge in [-0.2, -0.15) is 0 Å². The van der Waals surface area contributed by atoms with Crippen LogP contribution in [0, 0.1) is 0 Å². The molecule has 146 valence electrons. The first-order valence-corrected chi connectivity index (χ1v) is 10.4. The van der Waals surface area contributed by atoms with Gasteiger partial charge in [0.15, 0.2) is 0 Å². The first-order valence-electron chi connectivity index (χ1n) is 7.71. The molecule has 0 saturated heterocycles. The summed E-state index contributed by atoms with van der Waals surface area (Å²) in [6.07, 6.45) is 0. The Labute approximate surface area is 171 Å². The monoisotopic (exact) mass is 476 g/mol. The van der Waals surface area contributed by atoms with Crippen LogP contribution in [-0.2, 0) is 14.8 Å². The summed E-state index contributed by atoms with van der Waals surface area (Å²) in [5.41, 5.74) is 0.612. The Morgan fingerprint density at radius 2 is 1.93 bits per heavy atom. The number of methoxy groups -OCH3 is 2. The second-order valence-corrected chi connectivity index (χ2v) is 8.36. The van der Waals surface area contributed by atoms with E-state index in [9.17, 15) is 13.2 Å². The van der Waals surface area contributed by atoms with E-state index in [-0.39, 0.29) is 23.6 Å². The largest absolute Gasteiger partial charge is 0.495 e. The van der Waals surface area contributed by atoms with Gasteiger partial charge in [0.2, 0.25) is 10.0 Å². The Bertz CT molecular complexity index is 937. The maximum absolute atomic E-state index is 12.6. The molecule has 0 fully saturated rings. The maximum atomic E-state index is 12.6. The molecule has 2 aromatic carbocycles. The fourth-order valence-electron chi connectivity index (χ4n) is 2.15. The van der Waals surface area contributed by atoms with Gasteiger partial charge in [-0.1, -0.05) is 11.6 Å². The lowest BCUT2D eigenvalue weighted by Gasteiger charge is -2.11. The van der Waals surface area contributed by atoms with Crippen molar-refractivity contribution in [1.82, 2.24) is 4.72 Å². The number of ether oxygens (including phenoxy) is 2. The van der Waals surface area contributed by atoms with Crippen LogP contribution in [0.4, 0.5) is 5.69 Å². The van der Waals surface area contributed by atoms with Crippen LogP contribution in [0.3, 0.4) is 0 Å². The summed E-state index contributed by atoms with van der Waals surface area (Å²) >= 11 is 9.32. The van der Waals surface area contributed by atoms with E-state index in [0.29, 0.717) is 20.9 Å². The molecule has 7 nitrogen and oxygen atoms in total. The van der Waals surface area contributed by atoms with E-state index in [1.807, 2.05) is 0 Å². The summed E-state index contributed by atoms with van der Waals surface area (Å²) in [6, 6.07) is 8.98. The molecule has 2 aromatic rings. The Morgan fingerprint density at radius 3 is 2.56 bits per heavy atom. The van der Waals surface area contributed by atoms with E-state index in [1.54, 1.807) is 18.2 Å². The summed E-state index contributed by atoms with van der Waals surface area (Å²) in [5.74, 6) is -0.0110. The van der Waals surface area contributed by atoms with Gasteiger partial charge in [-0.3, -0.25) is 4.79 Å². The van der Waals surface area contributed by atoms with Gasteiger partial charge in [0, 0.05) is 23.8 Å². The molecule has 0 heterocycles. The number of hydrogen-bond donors (Lipinski definition) is 2. The minimum absolute atomic E-state index is 0.0280. The second kappa shape index (κ2) is 9.52. The smallest absolute Gasteiger partial charge is 0.256 e. The molecule has 0 bridgehead atoms. The Balaban J connectivity index is 2.24. The molecule has 27 heavy (non-hydrogen) atoms. The van der Waals surface area contributed by atoms with E-state index in [4.69, 9.17) is 21.1 Å². The number of carbonyl (C=O) groups excluding carboxylic acids is 1. The van der Waals surface area contributed by atoms with Crippen molar-refractivity contribution in [3.63, 3.8) is 0 Å². The lowest BCUT2D eigenvalue weighted by molar-refractivity contribution is 0.102. The highest BCUT2D eigenvalue weighted by atomic mass is 79.9. The predicted molar refractivity (Wildman–Crippen MR) is 107 cm³/mol. The highest BCUT2D eigenvalue weighted by Crippen LogP contribution is 2.28. The molecule has 0 aromatic heterocycles. The van der Waals surface area contributed by atoms with E-state index >= 15 is 0 Å². The average Bonchev–Trinajstić information content (AvgIpc) is 2.62. The van der Waals surface area contributed by atoms with Gasteiger partial charge in [-0.05, 0) is 52.3 Å². The highest BCUT2D eigenvalue weighted by Gasteiger charge is 2.18. The number of benzene rings is 2. The number of carbonyl (C=O) groups is 1. The molecule has 10 heteroatoms. The summed E-state index contributed by atoms with van der Waals surface area (Å²) in [7, 11) is -0.799. The molecular formula is C17H18BrClN2O5S. The number of hydrogen-bond acceptors (Lipinski definition) is 5. The van der Waals surface area contributed by atoms with E-state index in [2.05, 4.69) is 26.0 Å². The Kier molecular flexibility index (Phi) is 7.63. The third kappa shape index (κ3) is 5.66. The third-order valence-electron chi connectivity index (χ3n) is 3.50. The van der Waals surface area contributed by atoms with Crippen LogP contribution in [0.15, 0.2) is 45.8 Å². The number of amides is 1. The number of nitrogens with one attached hydrogen (secondary N) is 2. The first-order chi connectivity index (χ1) is 12.8. The average molecular weight is 478 g/mol. The zero-order valence-electron chi connectivity index (χ0n) is 14.6. The minimum atomic E-state index is -3.76. The van der Waals surface area contributed by atoms with Crippen molar-refractivity contribution in [3.05, 3.63) is 51.5 Å². The van der Waals surface area contributed by atoms with Crippen LogP contribution in [-0.4, -0.2) is 41.7 Å². The van der Waals surface area contributed by atoms with Crippen LogP contribution >= 0.6 is 27.5 Å². The van der Waals surface area contributed by atoms with Gasteiger partial charge in [0.25, 0.3) is 5.91 Å². The van der Waals surface area contributed by atoms with Crippen molar-refractivity contribution in [2.75, 3.05) is 32.7 Å². The van der Waals surface area contributed by atoms with Crippen molar-refractivity contribution in [2.45, 2.75) is 4.90 Å². The quantitative estimate of drug-likeness (QED) is 0.569. The third-order valence-corrected chi connectivity index (χ3v) is 5.95. The molecule has 0 radical (unpaired) electrons. The maximum Gasteiger partial charge on any atom is 0.256 e. The SMILES string of the molecule is COCCNS(=O)(=O)c1ccc(Br)c(C(=O)Nc2ccc(OC)c(Cl)c2)c1. The molecule has 0 aliphatic carbocycles. The zero-order valence-corrected chi connectivity index (χ0v) is 17.7. The number of rotatable bonds is 8. The minimum Gasteiger partial charge on any atom is -0.495 e. The fourth-order valence-corrected chi connectivity index (χ4v) is 3.87. The molecule has 0 unspecified atom stereocenters. The molecule has 2 rings (SSSR count). The van der Waals surface area contributed by atoms with Crippen LogP contribution in [0.5, 0.6) is 5.75 Å². The van der Waals surface area contributed by atoms with Crippen LogP contribution in [0.2, 0.25) is 5.02 Å². The van der Waals surface area contributed by atoms with E-state index in [0.717, 1.165) is 0 Å². The normalized spacial score (nSPS) is 11.3. The topological polar surface area (TPSA) is 93.7 Å². The highest BCUT2D eigenvalue weighted by molar-refractivity contribution is 9.10. The lowest BCUT2D eigenvalue weighted by Crippen LogP contribution is -2.27.